The molecule has 2 aromatic heterocycles. The first-order chi connectivity index (χ1) is 8.24. The SMILES string of the molecule is CCCn1nncc1C(=O)c1ncccc1C. The van der Waals surface area contributed by atoms with Crippen molar-refractivity contribution >= 4 is 5.78 Å². The van der Waals surface area contributed by atoms with Crippen molar-refractivity contribution in [2.45, 2.75) is 26.8 Å². The summed E-state index contributed by atoms with van der Waals surface area (Å²) >= 11 is 0. The first-order valence-electron chi connectivity index (χ1n) is 5.59. The molecule has 88 valence electrons. The van der Waals surface area contributed by atoms with Gasteiger partial charge in [-0.05, 0) is 25.0 Å². The molecule has 2 aromatic rings. The standard InChI is InChI=1S/C12H14N4O/c1-3-7-16-10(8-14-15-16)12(17)11-9(2)5-4-6-13-11/h4-6,8H,3,7H2,1-2H3. The number of aryl methyl sites for hydroxylation is 2. The first kappa shape index (κ1) is 11.4. The van der Waals surface area contributed by atoms with Gasteiger partial charge >= 0.3 is 0 Å². The van der Waals surface area contributed by atoms with Crippen LogP contribution >= 0.6 is 0 Å². The third-order valence-corrected chi connectivity index (χ3v) is 2.51. The monoisotopic (exact) mass is 230 g/mol. The maximum atomic E-state index is 12.3. The summed E-state index contributed by atoms with van der Waals surface area (Å²) in [5, 5.41) is 7.68. The predicted octanol–water partition coefficient (Wildman–Crippen LogP) is 1.62. The summed E-state index contributed by atoms with van der Waals surface area (Å²) in [5.74, 6) is -0.124. The zero-order valence-electron chi connectivity index (χ0n) is 9.92. The molecule has 0 amide bonds. The van der Waals surface area contributed by atoms with Gasteiger partial charge in [-0.25, -0.2) is 4.68 Å². The van der Waals surface area contributed by atoms with Gasteiger partial charge in [0.2, 0.25) is 5.78 Å². The maximum absolute atomic E-state index is 12.3. The first-order valence-corrected chi connectivity index (χ1v) is 5.59. The van der Waals surface area contributed by atoms with E-state index < -0.39 is 0 Å². The maximum Gasteiger partial charge on any atom is 0.231 e. The highest BCUT2D eigenvalue weighted by molar-refractivity contribution is 6.07. The van der Waals surface area contributed by atoms with Gasteiger partial charge in [-0.3, -0.25) is 9.78 Å². The van der Waals surface area contributed by atoms with Gasteiger partial charge < -0.3 is 0 Å². The van der Waals surface area contributed by atoms with Crippen LogP contribution in [0.3, 0.4) is 0 Å². The van der Waals surface area contributed by atoms with Crippen LogP contribution in [-0.2, 0) is 6.54 Å². The Kier molecular flexibility index (Phi) is 3.27. The molecule has 0 aliphatic rings. The molecule has 0 aliphatic carbocycles. The van der Waals surface area contributed by atoms with Gasteiger partial charge in [-0.1, -0.05) is 18.2 Å². The smallest absolute Gasteiger partial charge is 0.231 e. The Balaban J connectivity index is 2.37. The van der Waals surface area contributed by atoms with Crippen molar-refractivity contribution in [3.8, 4) is 0 Å². The number of aromatic nitrogens is 4. The minimum absolute atomic E-state index is 0.124. The molecule has 17 heavy (non-hydrogen) atoms. The number of carbonyl (C=O) groups is 1. The number of ketones is 1. The Labute approximate surface area is 99.5 Å². The van der Waals surface area contributed by atoms with Crippen molar-refractivity contribution in [1.82, 2.24) is 20.0 Å². The lowest BCUT2D eigenvalue weighted by molar-refractivity contribution is 0.102. The molecule has 5 nitrogen and oxygen atoms in total. The zero-order valence-corrected chi connectivity index (χ0v) is 9.92. The summed E-state index contributed by atoms with van der Waals surface area (Å²) < 4.78 is 1.62. The van der Waals surface area contributed by atoms with Crippen LogP contribution in [0.5, 0.6) is 0 Å². The lowest BCUT2D eigenvalue weighted by Gasteiger charge is -2.05. The summed E-state index contributed by atoms with van der Waals surface area (Å²) in [7, 11) is 0. The quantitative estimate of drug-likeness (QED) is 0.749. The molecule has 0 bridgehead atoms. The van der Waals surface area contributed by atoms with Crippen molar-refractivity contribution in [1.29, 1.82) is 0 Å². The van der Waals surface area contributed by atoms with Crippen molar-refractivity contribution in [3.63, 3.8) is 0 Å². The second kappa shape index (κ2) is 4.86. The van der Waals surface area contributed by atoms with Crippen molar-refractivity contribution in [2.24, 2.45) is 0 Å². The highest BCUT2D eigenvalue weighted by Gasteiger charge is 2.17. The number of hydrogen-bond acceptors (Lipinski definition) is 4. The molecule has 0 aliphatic heterocycles. The van der Waals surface area contributed by atoms with Gasteiger partial charge in [0.1, 0.15) is 11.4 Å². The second-order valence-corrected chi connectivity index (χ2v) is 3.84. The number of rotatable bonds is 4. The van der Waals surface area contributed by atoms with Crippen LogP contribution in [0.2, 0.25) is 0 Å². The largest absolute Gasteiger partial charge is 0.285 e. The van der Waals surface area contributed by atoms with Crippen LogP contribution < -0.4 is 0 Å². The average molecular weight is 230 g/mol. The van der Waals surface area contributed by atoms with Crippen LogP contribution in [0, 0.1) is 6.92 Å². The van der Waals surface area contributed by atoms with Gasteiger partial charge in [0.05, 0.1) is 6.20 Å². The van der Waals surface area contributed by atoms with E-state index in [9.17, 15) is 4.79 Å². The summed E-state index contributed by atoms with van der Waals surface area (Å²) in [6.07, 6.45) is 4.02. The molecule has 0 N–H and O–H groups in total. The van der Waals surface area contributed by atoms with Gasteiger partial charge in [0.15, 0.2) is 0 Å². The fourth-order valence-electron chi connectivity index (χ4n) is 1.66. The summed E-state index contributed by atoms with van der Waals surface area (Å²) in [6.45, 7) is 4.59. The Hall–Kier alpha value is -2.04. The van der Waals surface area contributed by atoms with Crippen LogP contribution in [0.1, 0.15) is 35.1 Å². The molecule has 2 rings (SSSR count). The summed E-state index contributed by atoms with van der Waals surface area (Å²) in [5.41, 5.74) is 1.82. The summed E-state index contributed by atoms with van der Waals surface area (Å²) in [6, 6.07) is 3.68. The van der Waals surface area contributed by atoms with Gasteiger partial charge in [0, 0.05) is 12.7 Å². The van der Waals surface area contributed by atoms with Crippen LogP contribution in [0.4, 0.5) is 0 Å². The molecule has 0 atom stereocenters. The molecule has 0 unspecified atom stereocenters. The highest BCUT2D eigenvalue weighted by Crippen LogP contribution is 2.10. The van der Waals surface area contributed by atoms with Crippen LogP contribution in [0.15, 0.2) is 24.5 Å². The topological polar surface area (TPSA) is 60.7 Å². The molecule has 0 fully saturated rings. The number of pyridine rings is 1. The Bertz CT molecular complexity index is 533. The fourth-order valence-corrected chi connectivity index (χ4v) is 1.66. The van der Waals surface area contributed by atoms with E-state index in [4.69, 9.17) is 0 Å². The van der Waals surface area contributed by atoms with E-state index in [0.717, 1.165) is 12.0 Å². The second-order valence-electron chi connectivity index (χ2n) is 3.84. The molecule has 0 saturated heterocycles. The fraction of sp³-hybridized carbons (Fsp3) is 0.333. The zero-order chi connectivity index (χ0) is 12.3. The van der Waals surface area contributed by atoms with Gasteiger partial charge in [-0.2, -0.15) is 0 Å². The van der Waals surface area contributed by atoms with E-state index in [0.29, 0.717) is 17.9 Å². The lowest BCUT2D eigenvalue weighted by Crippen LogP contribution is -2.13. The Morgan fingerprint density at radius 2 is 2.29 bits per heavy atom. The molecule has 0 aromatic carbocycles. The van der Waals surface area contributed by atoms with E-state index in [1.54, 1.807) is 10.9 Å². The van der Waals surface area contributed by atoms with E-state index in [1.807, 2.05) is 26.0 Å². The molecule has 5 heteroatoms. The normalized spacial score (nSPS) is 10.5. The molecule has 0 radical (unpaired) electrons. The molecule has 0 saturated carbocycles. The minimum atomic E-state index is -0.124. The van der Waals surface area contributed by atoms with Crippen LogP contribution in [-0.4, -0.2) is 25.8 Å². The predicted molar refractivity (Wildman–Crippen MR) is 62.7 cm³/mol. The van der Waals surface area contributed by atoms with E-state index in [-0.39, 0.29) is 5.78 Å². The molecule has 0 spiro atoms. The Morgan fingerprint density at radius 1 is 1.47 bits per heavy atom. The van der Waals surface area contributed by atoms with E-state index >= 15 is 0 Å². The number of hydrogen-bond donors (Lipinski definition) is 0. The van der Waals surface area contributed by atoms with Crippen molar-refractivity contribution in [2.75, 3.05) is 0 Å². The van der Waals surface area contributed by atoms with E-state index in [2.05, 4.69) is 15.3 Å². The van der Waals surface area contributed by atoms with Crippen LogP contribution in [0.25, 0.3) is 0 Å². The van der Waals surface area contributed by atoms with E-state index in [1.165, 1.54) is 6.20 Å². The number of nitrogens with zero attached hydrogens (tertiary/aromatic N) is 4. The average Bonchev–Trinajstić information content (AvgIpc) is 2.78. The molecular formula is C12H14N4O. The minimum Gasteiger partial charge on any atom is -0.285 e. The Morgan fingerprint density at radius 3 is 3.00 bits per heavy atom. The molecular weight excluding hydrogens is 216 g/mol. The van der Waals surface area contributed by atoms with Crippen molar-refractivity contribution < 1.29 is 4.79 Å². The third kappa shape index (κ3) is 2.22. The summed E-state index contributed by atoms with van der Waals surface area (Å²) in [4.78, 5) is 16.4. The van der Waals surface area contributed by atoms with Gasteiger partial charge in [-0.15, -0.1) is 5.10 Å². The molecule has 2 heterocycles. The van der Waals surface area contributed by atoms with Gasteiger partial charge in [0.25, 0.3) is 0 Å². The third-order valence-electron chi connectivity index (χ3n) is 2.51. The number of carbonyl (C=O) groups excluding carboxylic acids is 1. The highest BCUT2D eigenvalue weighted by atomic mass is 16.1. The lowest BCUT2D eigenvalue weighted by atomic mass is 10.1. The van der Waals surface area contributed by atoms with Crippen molar-refractivity contribution in [3.05, 3.63) is 41.5 Å².